The van der Waals surface area contributed by atoms with Crippen LogP contribution in [0.15, 0.2) is 54.6 Å². The summed E-state index contributed by atoms with van der Waals surface area (Å²) in [7, 11) is 0. The Hall–Kier alpha value is -3.61. The molecule has 0 bridgehead atoms. The molecule has 1 saturated heterocycles. The van der Waals surface area contributed by atoms with Crippen molar-refractivity contribution in [2.75, 3.05) is 37.7 Å². The minimum atomic E-state index is -0.495. The highest BCUT2D eigenvalue weighted by atomic mass is 16.5. The van der Waals surface area contributed by atoms with Crippen LogP contribution >= 0.6 is 0 Å². The van der Waals surface area contributed by atoms with Gasteiger partial charge >= 0.3 is 0 Å². The average Bonchev–Trinajstić information content (AvgIpc) is 3.13. The van der Waals surface area contributed by atoms with Crippen LogP contribution in [0.4, 0.5) is 5.69 Å². The van der Waals surface area contributed by atoms with E-state index in [1.165, 1.54) is 0 Å². The van der Waals surface area contributed by atoms with E-state index in [1.807, 2.05) is 68.4 Å². The zero-order chi connectivity index (χ0) is 22.7. The molecule has 0 spiro atoms. The number of nitrogens with zero attached hydrogens (tertiary/aromatic N) is 4. The van der Waals surface area contributed by atoms with Crippen molar-refractivity contribution in [1.29, 1.82) is 0 Å². The maximum Gasteiger partial charge on any atom is 0.295 e. The first-order valence-corrected chi connectivity index (χ1v) is 10.9. The Bertz CT molecular complexity index is 1120. The third-order valence-electron chi connectivity index (χ3n) is 5.79. The van der Waals surface area contributed by atoms with Gasteiger partial charge in [0.25, 0.3) is 11.7 Å². The van der Waals surface area contributed by atoms with Gasteiger partial charge in [0, 0.05) is 26.2 Å². The lowest BCUT2D eigenvalue weighted by Crippen LogP contribution is -2.50. The van der Waals surface area contributed by atoms with E-state index in [4.69, 9.17) is 4.74 Å². The number of amides is 1. The van der Waals surface area contributed by atoms with E-state index in [2.05, 4.69) is 10.00 Å². The zero-order valence-electron chi connectivity index (χ0n) is 18.7. The lowest BCUT2D eigenvalue weighted by molar-refractivity contribution is -0.126. The third-order valence-corrected chi connectivity index (χ3v) is 5.79. The number of hydrogen-bond acceptors (Lipinski definition) is 5. The number of carbonyl (C=O) groups is 2. The molecule has 0 unspecified atom stereocenters. The Balaban J connectivity index is 1.48. The summed E-state index contributed by atoms with van der Waals surface area (Å²) in [5, 5.41) is 4.51. The van der Waals surface area contributed by atoms with Gasteiger partial charge in [-0.3, -0.25) is 9.59 Å². The van der Waals surface area contributed by atoms with Crippen molar-refractivity contribution in [2.45, 2.75) is 20.8 Å². The number of benzene rings is 2. The van der Waals surface area contributed by atoms with Gasteiger partial charge in [-0.15, -0.1) is 0 Å². The molecule has 1 fully saturated rings. The number of anilines is 1. The van der Waals surface area contributed by atoms with Gasteiger partial charge in [0.1, 0.15) is 5.75 Å². The summed E-state index contributed by atoms with van der Waals surface area (Å²) < 4.78 is 7.46. The summed E-state index contributed by atoms with van der Waals surface area (Å²) in [5.41, 5.74) is 3.51. The molecule has 3 aromatic rings. The predicted octanol–water partition coefficient (Wildman–Crippen LogP) is 3.42. The van der Waals surface area contributed by atoms with Gasteiger partial charge in [0.2, 0.25) is 0 Å². The average molecular weight is 433 g/mol. The van der Waals surface area contributed by atoms with Gasteiger partial charge in [-0.25, -0.2) is 4.68 Å². The van der Waals surface area contributed by atoms with Crippen LogP contribution in [0.25, 0.3) is 5.69 Å². The van der Waals surface area contributed by atoms with E-state index < -0.39 is 11.7 Å². The number of piperazine rings is 1. The Kier molecular flexibility index (Phi) is 6.25. The van der Waals surface area contributed by atoms with E-state index in [0.29, 0.717) is 49.7 Å². The molecule has 2 aromatic carbocycles. The highest BCUT2D eigenvalue weighted by molar-refractivity contribution is 6.43. The SMILES string of the molecule is CCOc1ccccc1N1CCN(C(=O)C(=O)c2c(C)nn(-c3ccccc3)c2C)CC1. The molecular formula is C25H28N4O3. The molecule has 1 aliphatic rings. The third kappa shape index (κ3) is 4.10. The van der Waals surface area contributed by atoms with Crippen LogP contribution in [0.2, 0.25) is 0 Å². The van der Waals surface area contributed by atoms with Crippen LogP contribution < -0.4 is 9.64 Å². The summed E-state index contributed by atoms with van der Waals surface area (Å²) in [6.07, 6.45) is 0. The fraction of sp³-hybridized carbons (Fsp3) is 0.320. The smallest absolute Gasteiger partial charge is 0.295 e. The highest BCUT2D eigenvalue weighted by Gasteiger charge is 2.31. The number of Topliss-reactive ketones (excluding diaryl/α,β-unsaturated/α-hetero) is 1. The molecule has 0 N–H and O–H groups in total. The first-order chi connectivity index (χ1) is 15.5. The normalized spacial score (nSPS) is 13.8. The molecule has 166 valence electrons. The van der Waals surface area contributed by atoms with Gasteiger partial charge in [0.15, 0.2) is 0 Å². The molecule has 0 radical (unpaired) electrons. The summed E-state index contributed by atoms with van der Waals surface area (Å²) >= 11 is 0. The monoisotopic (exact) mass is 432 g/mol. The molecule has 0 atom stereocenters. The van der Waals surface area contributed by atoms with Gasteiger partial charge in [-0.05, 0) is 45.0 Å². The Morgan fingerprint density at radius 2 is 1.59 bits per heavy atom. The van der Waals surface area contributed by atoms with E-state index in [0.717, 1.165) is 17.1 Å². The van der Waals surface area contributed by atoms with E-state index in [9.17, 15) is 9.59 Å². The Morgan fingerprint density at radius 1 is 0.938 bits per heavy atom. The summed E-state index contributed by atoms with van der Waals surface area (Å²) in [6, 6.07) is 17.5. The molecule has 1 aromatic heterocycles. The minimum absolute atomic E-state index is 0.392. The number of rotatable bonds is 6. The van der Waals surface area contributed by atoms with Crippen molar-refractivity contribution in [3.8, 4) is 11.4 Å². The molecule has 1 amide bonds. The van der Waals surface area contributed by atoms with Crippen LogP contribution in [0.1, 0.15) is 28.7 Å². The number of para-hydroxylation sites is 3. The van der Waals surface area contributed by atoms with Gasteiger partial charge in [-0.2, -0.15) is 5.10 Å². The second kappa shape index (κ2) is 9.26. The van der Waals surface area contributed by atoms with Crippen molar-refractivity contribution in [1.82, 2.24) is 14.7 Å². The van der Waals surface area contributed by atoms with E-state index in [1.54, 1.807) is 16.5 Å². The highest BCUT2D eigenvalue weighted by Crippen LogP contribution is 2.29. The number of hydrogen-bond donors (Lipinski definition) is 0. The molecule has 7 heteroatoms. The maximum absolute atomic E-state index is 13.1. The fourth-order valence-corrected chi connectivity index (χ4v) is 4.19. The summed E-state index contributed by atoms with van der Waals surface area (Å²) in [6.45, 7) is 8.41. The van der Waals surface area contributed by atoms with Crippen LogP contribution in [0.3, 0.4) is 0 Å². The number of ketones is 1. The predicted molar refractivity (Wildman–Crippen MR) is 124 cm³/mol. The molecular weight excluding hydrogens is 404 g/mol. The largest absolute Gasteiger partial charge is 0.492 e. The Labute approximate surface area is 188 Å². The van der Waals surface area contributed by atoms with Crippen molar-refractivity contribution >= 4 is 17.4 Å². The zero-order valence-corrected chi connectivity index (χ0v) is 18.7. The van der Waals surface area contributed by atoms with Gasteiger partial charge in [-0.1, -0.05) is 30.3 Å². The molecule has 0 saturated carbocycles. The molecule has 32 heavy (non-hydrogen) atoms. The van der Waals surface area contributed by atoms with E-state index >= 15 is 0 Å². The van der Waals surface area contributed by atoms with E-state index in [-0.39, 0.29) is 0 Å². The molecule has 4 rings (SSSR count). The van der Waals surface area contributed by atoms with Crippen LogP contribution in [0.5, 0.6) is 5.75 Å². The number of aromatic nitrogens is 2. The van der Waals surface area contributed by atoms with Gasteiger partial charge < -0.3 is 14.5 Å². The molecule has 2 heterocycles. The standard InChI is InChI=1S/C25H28N4O3/c1-4-32-22-13-9-8-12-21(22)27-14-16-28(17-15-27)25(31)24(30)23-18(2)26-29(19(23)3)20-10-6-5-7-11-20/h5-13H,4,14-17H2,1-3H3. The molecule has 0 aliphatic carbocycles. The van der Waals surface area contributed by atoms with Crippen LogP contribution in [-0.4, -0.2) is 59.2 Å². The Morgan fingerprint density at radius 3 is 2.28 bits per heavy atom. The fourth-order valence-electron chi connectivity index (χ4n) is 4.19. The second-order valence-electron chi connectivity index (χ2n) is 7.80. The van der Waals surface area contributed by atoms with Crippen molar-refractivity contribution in [3.05, 3.63) is 71.5 Å². The first kappa shape index (κ1) is 21.6. The van der Waals surface area contributed by atoms with Crippen LogP contribution in [-0.2, 0) is 4.79 Å². The number of carbonyl (C=O) groups excluding carboxylic acids is 2. The molecule has 7 nitrogen and oxygen atoms in total. The van der Waals surface area contributed by atoms with Crippen molar-refractivity contribution in [2.24, 2.45) is 0 Å². The van der Waals surface area contributed by atoms with Gasteiger partial charge in [0.05, 0.1) is 34.9 Å². The summed E-state index contributed by atoms with van der Waals surface area (Å²) in [4.78, 5) is 30.0. The maximum atomic E-state index is 13.1. The van der Waals surface area contributed by atoms with Crippen molar-refractivity contribution < 1.29 is 14.3 Å². The first-order valence-electron chi connectivity index (χ1n) is 10.9. The summed E-state index contributed by atoms with van der Waals surface area (Å²) in [5.74, 6) is -0.127. The lowest BCUT2D eigenvalue weighted by Gasteiger charge is -2.36. The number of aryl methyl sites for hydroxylation is 1. The van der Waals surface area contributed by atoms with Crippen LogP contribution in [0, 0.1) is 13.8 Å². The number of ether oxygens (including phenoxy) is 1. The quantitative estimate of drug-likeness (QED) is 0.441. The lowest BCUT2D eigenvalue weighted by atomic mass is 10.1. The molecule has 1 aliphatic heterocycles. The topological polar surface area (TPSA) is 67.7 Å². The minimum Gasteiger partial charge on any atom is -0.492 e. The van der Waals surface area contributed by atoms with Crippen molar-refractivity contribution in [3.63, 3.8) is 0 Å². The second-order valence-corrected chi connectivity index (χ2v) is 7.80.